The largest absolute Gasteiger partial charge is 0.389 e. The number of allylic oxidation sites excluding steroid dienone is 1. The molecule has 0 unspecified atom stereocenters. The summed E-state index contributed by atoms with van der Waals surface area (Å²) >= 11 is 0. The number of halogens is 1. The molecule has 162 valence electrons. The summed E-state index contributed by atoms with van der Waals surface area (Å²) in [7, 11) is 0. The Morgan fingerprint density at radius 3 is 2.27 bits per heavy atom. The van der Waals surface area contributed by atoms with Crippen LogP contribution in [0.5, 0.6) is 0 Å². The summed E-state index contributed by atoms with van der Waals surface area (Å²) in [5.74, 6) is -0.416. The maximum atomic E-state index is 13.0. The maximum Gasteiger partial charge on any atom is 0.227 e. The molecule has 1 amide bonds. The van der Waals surface area contributed by atoms with Crippen molar-refractivity contribution in [1.82, 2.24) is 15.1 Å². The van der Waals surface area contributed by atoms with Gasteiger partial charge in [-0.3, -0.25) is 19.3 Å². The zero-order valence-corrected chi connectivity index (χ0v) is 17.7. The van der Waals surface area contributed by atoms with Crippen molar-refractivity contribution < 1.29 is 18.8 Å². The molecule has 1 aromatic rings. The van der Waals surface area contributed by atoms with E-state index in [9.17, 15) is 18.8 Å². The number of nitrogens with zero attached hydrogens (tertiary/aromatic N) is 2. The van der Waals surface area contributed by atoms with Crippen molar-refractivity contribution in [2.45, 2.75) is 33.1 Å². The molecule has 1 aliphatic carbocycles. The Bertz CT molecular complexity index is 803. The molecule has 2 fully saturated rings. The fraction of sp³-hybridized carbons (Fsp3) is 0.522. The minimum Gasteiger partial charge on any atom is -0.389 e. The predicted octanol–water partition coefficient (Wildman–Crippen LogP) is 1.94. The summed E-state index contributed by atoms with van der Waals surface area (Å²) in [6.45, 7) is 8.17. The Morgan fingerprint density at radius 1 is 1.07 bits per heavy atom. The fourth-order valence-electron chi connectivity index (χ4n) is 3.95. The standard InChI is InChI=1S/C23H30FN3O3/c1-23(2)14-20(28)19(21(29)15-23)16-25-7-8-26-9-11-27(12-10-26)22(30)13-17-3-5-18(24)6-4-17/h3-6,16,25H,7-15H2,1-2H3. The zero-order chi connectivity index (χ0) is 21.7. The normalized spacial score (nSPS) is 19.7. The molecule has 30 heavy (non-hydrogen) atoms. The van der Waals surface area contributed by atoms with Crippen LogP contribution in [0, 0.1) is 11.2 Å². The lowest BCUT2D eigenvalue weighted by atomic mass is 9.74. The number of Topliss-reactive ketones (excluding diaryl/α,β-unsaturated/α-hetero) is 2. The third-order valence-corrected chi connectivity index (χ3v) is 5.69. The van der Waals surface area contributed by atoms with Gasteiger partial charge in [-0.15, -0.1) is 0 Å². The number of ketones is 2. The Morgan fingerprint density at radius 2 is 1.67 bits per heavy atom. The molecule has 7 heteroatoms. The van der Waals surface area contributed by atoms with Crippen LogP contribution in [-0.4, -0.2) is 66.5 Å². The fourth-order valence-corrected chi connectivity index (χ4v) is 3.95. The van der Waals surface area contributed by atoms with Gasteiger partial charge in [-0.1, -0.05) is 26.0 Å². The number of piperazine rings is 1. The van der Waals surface area contributed by atoms with Crippen LogP contribution in [-0.2, 0) is 20.8 Å². The van der Waals surface area contributed by atoms with E-state index < -0.39 is 0 Å². The third-order valence-electron chi connectivity index (χ3n) is 5.69. The molecule has 1 N–H and O–H groups in total. The number of nitrogens with one attached hydrogen (secondary N) is 1. The molecule has 1 saturated heterocycles. The van der Waals surface area contributed by atoms with Crippen molar-refractivity contribution in [2.24, 2.45) is 5.41 Å². The number of hydrogen-bond donors (Lipinski definition) is 1. The summed E-state index contributed by atoms with van der Waals surface area (Å²) in [6, 6.07) is 6.04. The van der Waals surface area contributed by atoms with Crippen molar-refractivity contribution in [3.8, 4) is 0 Å². The van der Waals surface area contributed by atoms with Gasteiger partial charge in [-0.2, -0.15) is 0 Å². The van der Waals surface area contributed by atoms with E-state index in [0.717, 1.165) is 25.2 Å². The highest BCUT2D eigenvalue weighted by Crippen LogP contribution is 2.33. The van der Waals surface area contributed by atoms with Crippen LogP contribution in [0.3, 0.4) is 0 Å². The molecular weight excluding hydrogens is 385 g/mol. The molecule has 0 radical (unpaired) electrons. The van der Waals surface area contributed by atoms with Gasteiger partial charge in [-0.05, 0) is 23.1 Å². The molecule has 0 aromatic heterocycles. The van der Waals surface area contributed by atoms with Gasteiger partial charge < -0.3 is 10.2 Å². The monoisotopic (exact) mass is 415 g/mol. The van der Waals surface area contributed by atoms with Crippen LogP contribution in [0.15, 0.2) is 36.0 Å². The molecule has 1 aliphatic heterocycles. The van der Waals surface area contributed by atoms with Crippen molar-refractivity contribution in [2.75, 3.05) is 39.3 Å². The van der Waals surface area contributed by atoms with Crippen molar-refractivity contribution in [3.63, 3.8) is 0 Å². The van der Waals surface area contributed by atoms with Crippen molar-refractivity contribution >= 4 is 17.5 Å². The van der Waals surface area contributed by atoms with Crippen LogP contribution in [0.25, 0.3) is 0 Å². The molecule has 1 saturated carbocycles. The SMILES string of the molecule is CC1(C)CC(=O)C(=CNCCN2CCN(C(=O)Cc3ccc(F)cc3)CC2)C(=O)C1. The van der Waals surface area contributed by atoms with Gasteiger partial charge in [0.2, 0.25) is 5.91 Å². The number of hydrogen-bond acceptors (Lipinski definition) is 5. The van der Waals surface area contributed by atoms with Gasteiger partial charge in [0.1, 0.15) is 5.82 Å². The first kappa shape index (κ1) is 22.2. The minimum atomic E-state index is -0.301. The van der Waals surface area contributed by atoms with E-state index in [-0.39, 0.29) is 40.7 Å². The summed E-state index contributed by atoms with van der Waals surface area (Å²) < 4.78 is 13.0. The average Bonchev–Trinajstić information content (AvgIpc) is 2.68. The Labute approximate surface area is 177 Å². The van der Waals surface area contributed by atoms with E-state index in [2.05, 4.69) is 10.2 Å². The Kier molecular flexibility index (Phi) is 7.02. The molecule has 6 nitrogen and oxygen atoms in total. The summed E-state index contributed by atoms with van der Waals surface area (Å²) in [4.78, 5) is 40.9. The molecule has 0 spiro atoms. The van der Waals surface area contributed by atoms with Crippen LogP contribution < -0.4 is 5.32 Å². The molecular formula is C23H30FN3O3. The number of benzene rings is 1. The molecule has 1 aromatic carbocycles. The molecule has 2 aliphatic rings. The highest BCUT2D eigenvalue weighted by Gasteiger charge is 2.35. The quantitative estimate of drug-likeness (QED) is 0.437. The van der Waals surface area contributed by atoms with E-state index in [1.807, 2.05) is 18.7 Å². The maximum absolute atomic E-state index is 13.0. The second-order valence-corrected chi connectivity index (χ2v) is 8.90. The van der Waals surface area contributed by atoms with Gasteiger partial charge in [0.05, 0.1) is 12.0 Å². The van der Waals surface area contributed by atoms with Crippen LogP contribution in [0.2, 0.25) is 0 Å². The zero-order valence-electron chi connectivity index (χ0n) is 17.7. The van der Waals surface area contributed by atoms with Gasteiger partial charge in [0.15, 0.2) is 11.6 Å². The second kappa shape index (κ2) is 9.51. The lowest BCUT2D eigenvalue weighted by Crippen LogP contribution is -2.50. The molecule has 0 bridgehead atoms. The number of carbonyl (C=O) groups is 3. The minimum absolute atomic E-state index is 0.0568. The highest BCUT2D eigenvalue weighted by molar-refractivity contribution is 6.22. The topological polar surface area (TPSA) is 69.7 Å². The van der Waals surface area contributed by atoms with Gasteiger partial charge in [-0.25, -0.2) is 4.39 Å². The highest BCUT2D eigenvalue weighted by atomic mass is 19.1. The van der Waals surface area contributed by atoms with E-state index in [1.165, 1.54) is 12.1 Å². The Hall–Kier alpha value is -2.54. The van der Waals surface area contributed by atoms with Gasteiger partial charge >= 0.3 is 0 Å². The number of amides is 1. The second-order valence-electron chi connectivity index (χ2n) is 8.90. The smallest absolute Gasteiger partial charge is 0.227 e. The summed E-state index contributed by atoms with van der Waals surface area (Å²) in [6.07, 6.45) is 2.66. The molecule has 0 atom stereocenters. The van der Waals surface area contributed by atoms with Gasteiger partial charge in [0.25, 0.3) is 0 Å². The van der Waals surface area contributed by atoms with Crippen LogP contribution >= 0.6 is 0 Å². The first-order valence-electron chi connectivity index (χ1n) is 10.5. The first-order chi connectivity index (χ1) is 14.2. The predicted molar refractivity (Wildman–Crippen MR) is 112 cm³/mol. The number of rotatable bonds is 6. The van der Waals surface area contributed by atoms with E-state index in [1.54, 1.807) is 18.3 Å². The van der Waals surface area contributed by atoms with Crippen molar-refractivity contribution in [1.29, 1.82) is 0 Å². The van der Waals surface area contributed by atoms with Crippen molar-refractivity contribution in [3.05, 3.63) is 47.4 Å². The van der Waals surface area contributed by atoms with E-state index in [4.69, 9.17) is 0 Å². The lowest BCUT2D eigenvalue weighted by Gasteiger charge is -2.34. The average molecular weight is 416 g/mol. The number of carbonyl (C=O) groups excluding carboxylic acids is 3. The lowest BCUT2D eigenvalue weighted by molar-refractivity contribution is -0.132. The van der Waals surface area contributed by atoms with E-state index in [0.29, 0.717) is 32.5 Å². The van der Waals surface area contributed by atoms with Crippen LogP contribution in [0.4, 0.5) is 4.39 Å². The summed E-state index contributed by atoms with van der Waals surface area (Å²) in [5, 5.41) is 3.11. The van der Waals surface area contributed by atoms with Crippen LogP contribution in [0.1, 0.15) is 32.3 Å². The van der Waals surface area contributed by atoms with E-state index >= 15 is 0 Å². The third kappa shape index (κ3) is 5.98. The summed E-state index contributed by atoms with van der Waals surface area (Å²) in [5.41, 5.74) is 0.848. The molecule has 3 rings (SSSR count). The Balaban J connectivity index is 1.38. The first-order valence-corrected chi connectivity index (χ1v) is 10.5. The van der Waals surface area contributed by atoms with Gasteiger partial charge in [0, 0.05) is 58.3 Å². The molecule has 1 heterocycles.